The fourth-order valence-electron chi connectivity index (χ4n) is 3.16. The standard InChI is InChI=1S/C15H24ClNS/c1-10(2)8-17-9-11-14(3,4)15(11,5)12-6-7-13(16)18-12/h6-7,10-11,17H,8-9H2,1-5H3. The van der Waals surface area contributed by atoms with Crippen LogP contribution in [0.1, 0.15) is 39.5 Å². The van der Waals surface area contributed by atoms with Gasteiger partial charge < -0.3 is 5.32 Å². The average molecular weight is 286 g/mol. The third-order valence-electron chi connectivity index (χ3n) is 4.81. The van der Waals surface area contributed by atoms with Crippen molar-refractivity contribution >= 4 is 22.9 Å². The van der Waals surface area contributed by atoms with Crippen molar-refractivity contribution in [1.29, 1.82) is 0 Å². The second-order valence-electron chi connectivity index (χ2n) is 6.63. The largest absolute Gasteiger partial charge is 0.316 e. The molecule has 0 saturated heterocycles. The highest BCUT2D eigenvalue weighted by atomic mass is 35.5. The van der Waals surface area contributed by atoms with Crippen LogP contribution in [0.3, 0.4) is 0 Å². The Morgan fingerprint density at radius 1 is 1.33 bits per heavy atom. The van der Waals surface area contributed by atoms with Crippen molar-refractivity contribution < 1.29 is 0 Å². The Kier molecular flexibility index (Phi) is 3.84. The maximum atomic E-state index is 6.08. The first-order valence-corrected chi connectivity index (χ1v) is 7.96. The number of halogens is 1. The fraction of sp³-hybridized carbons (Fsp3) is 0.733. The molecule has 0 amide bonds. The quantitative estimate of drug-likeness (QED) is 0.836. The zero-order valence-electron chi connectivity index (χ0n) is 12.0. The predicted molar refractivity (Wildman–Crippen MR) is 81.7 cm³/mol. The van der Waals surface area contributed by atoms with Crippen LogP contribution in [0.2, 0.25) is 4.34 Å². The van der Waals surface area contributed by atoms with Crippen molar-refractivity contribution in [3.05, 3.63) is 21.3 Å². The summed E-state index contributed by atoms with van der Waals surface area (Å²) >= 11 is 7.82. The molecular weight excluding hydrogens is 262 g/mol. The van der Waals surface area contributed by atoms with E-state index in [1.807, 2.05) is 6.07 Å². The molecule has 2 rings (SSSR count). The Balaban J connectivity index is 2.05. The van der Waals surface area contributed by atoms with Crippen LogP contribution >= 0.6 is 22.9 Å². The summed E-state index contributed by atoms with van der Waals surface area (Å²) in [6.07, 6.45) is 0. The van der Waals surface area contributed by atoms with E-state index in [-0.39, 0.29) is 5.41 Å². The molecule has 0 bridgehead atoms. The Bertz CT molecular complexity index is 424. The maximum absolute atomic E-state index is 6.08. The summed E-state index contributed by atoms with van der Waals surface area (Å²) in [5.41, 5.74) is 0.653. The highest BCUT2D eigenvalue weighted by Gasteiger charge is 2.68. The van der Waals surface area contributed by atoms with Crippen LogP contribution in [0, 0.1) is 17.3 Å². The minimum Gasteiger partial charge on any atom is -0.316 e. The maximum Gasteiger partial charge on any atom is 0.0931 e. The van der Waals surface area contributed by atoms with Gasteiger partial charge in [0.2, 0.25) is 0 Å². The second kappa shape index (κ2) is 4.81. The molecule has 1 nitrogen and oxygen atoms in total. The average Bonchev–Trinajstić information content (AvgIpc) is 2.64. The number of hydrogen-bond donors (Lipinski definition) is 1. The Labute approximate surface area is 120 Å². The summed E-state index contributed by atoms with van der Waals surface area (Å²) in [4.78, 5) is 1.44. The van der Waals surface area contributed by atoms with Crippen molar-refractivity contribution in [2.45, 2.75) is 40.0 Å². The molecule has 0 aromatic carbocycles. The summed E-state index contributed by atoms with van der Waals surface area (Å²) in [5.74, 6) is 1.42. The van der Waals surface area contributed by atoms with E-state index in [9.17, 15) is 0 Å². The SMILES string of the molecule is CC(C)CNCC1C(C)(C)C1(C)c1ccc(Cl)s1. The van der Waals surface area contributed by atoms with E-state index in [1.165, 1.54) is 4.88 Å². The van der Waals surface area contributed by atoms with Crippen LogP contribution < -0.4 is 5.32 Å². The summed E-state index contributed by atoms with van der Waals surface area (Å²) < 4.78 is 0.905. The Hall–Kier alpha value is -0.0500. The number of hydrogen-bond acceptors (Lipinski definition) is 2. The van der Waals surface area contributed by atoms with Gasteiger partial charge in [-0.3, -0.25) is 0 Å². The summed E-state index contributed by atoms with van der Waals surface area (Å²) in [7, 11) is 0. The summed E-state index contributed by atoms with van der Waals surface area (Å²) in [6, 6.07) is 4.23. The van der Waals surface area contributed by atoms with Gasteiger partial charge in [0.25, 0.3) is 0 Å². The molecule has 2 atom stereocenters. The Morgan fingerprint density at radius 3 is 2.50 bits per heavy atom. The van der Waals surface area contributed by atoms with Crippen molar-refractivity contribution in [1.82, 2.24) is 5.32 Å². The fourth-order valence-corrected chi connectivity index (χ4v) is 4.57. The second-order valence-corrected chi connectivity index (χ2v) is 8.35. The van der Waals surface area contributed by atoms with E-state index in [1.54, 1.807) is 11.3 Å². The van der Waals surface area contributed by atoms with Crippen LogP contribution in [0.4, 0.5) is 0 Å². The van der Waals surface area contributed by atoms with Gasteiger partial charge in [-0.05, 0) is 42.5 Å². The van der Waals surface area contributed by atoms with E-state index in [2.05, 4.69) is 46.0 Å². The molecule has 0 radical (unpaired) electrons. The lowest BCUT2D eigenvalue weighted by Crippen LogP contribution is -2.24. The molecule has 0 aliphatic heterocycles. The van der Waals surface area contributed by atoms with Gasteiger partial charge in [-0.2, -0.15) is 0 Å². The molecule has 3 heteroatoms. The zero-order chi connectivity index (χ0) is 13.6. The highest BCUT2D eigenvalue weighted by molar-refractivity contribution is 7.16. The van der Waals surface area contributed by atoms with Crippen molar-refractivity contribution in [3.8, 4) is 0 Å². The molecule has 1 N–H and O–H groups in total. The van der Waals surface area contributed by atoms with Gasteiger partial charge in [0.1, 0.15) is 0 Å². The summed E-state index contributed by atoms with van der Waals surface area (Å²) in [6.45, 7) is 13.9. The number of thiophene rings is 1. The third-order valence-corrected chi connectivity index (χ3v) is 6.28. The molecule has 1 aromatic heterocycles. The minimum absolute atomic E-state index is 0.286. The molecule has 102 valence electrons. The van der Waals surface area contributed by atoms with E-state index in [4.69, 9.17) is 11.6 Å². The molecular formula is C15H24ClNS. The van der Waals surface area contributed by atoms with E-state index >= 15 is 0 Å². The van der Waals surface area contributed by atoms with E-state index in [0.29, 0.717) is 17.3 Å². The lowest BCUT2D eigenvalue weighted by molar-refractivity contribution is 0.486. The molecule has 1 aliphatic rings. The van der Waals surface area contributed by atoms with Crippen LogP contribution in [0.25, 0.3) is 0 Å². The molecule has 1 saturated carbocycles. The molecule has 1 fully saturated rings. The topological polar surface area (TPSA) is 12.0 Å². The van der Waals surface area contributed by atoms with E-state index < -0.39 is 0 Å². The molecule has 1 heterocycles. The lowest BCUT2D eigenvalue weighted by Gasteiger charge is -2.12. The van der Waals surface area contributed by atoms with Crippen molar-refractivity contribution in [3.63, 3.8) is 0 Å². The van der Waals surface area contributed by atoms with Gasteiger partial charge in [-0.1, -0.05) is 46.2 Å². The monoisotopic (exact) mass is 285 g/mol. The van der Waals surface area contributed by atoms with Crippen LogP contribution in [-0.4, -0.2) is 13.1 Å². The van der Waals surface area contributed by atoms with Gasteiger partial charge >= 0.3 is 0 Å². The van der Waals surface area contributed by atoms with Crippen LogP contribution in [-0.2, 0) is 5.41 Å². The molecule has 1 aliphatic carbocycles. The van der Waals surface area contributed by atoms with Gasteiger partial charge in [-0.25, -0.2) is 0 Å². The first-order valence-electron chi connectivity index (χ1n) is 6.76. The summed E-state index contributed by atoms with van der Waals surface area (Å²) in [5, 5.41) is 3.61. The molecule has 18 heavy (non-hydrogen) atoms. The smallest absolute Gasteiger partial charge is 0.0931 e. The zero-order valence-corrected chi connectivity index (χ0v) is 13.6. The lowest BCUT2D eigenvalue weighted by atomic mass is 9.96. The van der Waals surface area contributed by atoms with Gasteiger partial charge in [-0.15, -0.1) is 11.3 Å². The van der Waals surface area contributed by atoms with Gasteiger partial charge in [0, 0.05) is 10.3 Å². The Morgan fingerprint density at radius 2 is 2.00 bits per heavy atom. The van der Waals surface area contributed by atoms with Gasteiger partial charge in [0.05, 0.1) is 4.34 Å². The highest BCUT2D eigenvalue weighted by Crippen LogP contribution is 2.69. The number of nitrogens with one attached hydrogen (secondary N) is 1. The van der Waals surface area contributed by atoms with Crippen LogP contribution in [0.5, 0.6) is 0 Å². The predicted octanol–water partition coefficient (Wildman–Crippen LogP) is 4.56. The molecule has 0 spiro atoms. The van der Waals surface area contributed by atoms with Gasteiger partial charge in [0.15, 0.2) is 0 Å². The molecule has 2 unspecified atom stereocenters. The van der Waals surface area contributed by atoms with Crippen molar-refractivity contribution in [2.24, 2.45) is 17.3 Å². The number of rotatable bonds is 5. The van der Waals surface area contributed by atoms with Crippen molar-refractivity contribution in [2.75, 3.05) is 13.1 Å². The normalized spacial score (nSPS) is 29.8. The molecule has 1 aromatic rings. The third kappa shape index (κ3) is 2.23. The van der Waals surface area contributed by atoms with E-state index in [0.717, 1.165) is 17.4 Å². The minimum atomic E-state index is 0.286. The first-order chi connectivity index (χ1) is 8.30. The van der Waals surface area contributed by atoms with Crippen LogP contribution in [0.15, 0.2) is 12.1 Å². The first kappa shape index (κ1) is 14.4.